The van der Waals surface area contributed by atoms with Crippen molar-refractivity contribution in [3.63, 3.8) is 0 Å². The minimum atomic E-state index is 0.332. The van der Waals surface area contributed by atoms with Gasteiger partial charge in [-0.3, -0.25) is 4.79 Å². The number of fused-ring (bicyclic) bond motifs is 1. The molecule has 1 atom stereocenters. The van der Waals surface area contributed by atoms with Crippen molar-refractivity contribution in [1.82, 2.24) is 4.90 Å². The topological polar surface area (TPSA) is 20.3 Å². The van der Waals surface area contributed by atoms with Crippen LogP contribution in [0, 0.1) is 0 Å². The van der Waals surface area contributed by atoms with Gasteiger partial charge in [0.1, 0.15) is 0 Å². The number of rotatable bonds is 0. The average molecular weight is 137 g/mol. The third kappa shape index (κ3) is 0.618. The molecule has 0 radical (unpaired) electrons. The molecule has 0 aromatic rings. The highest BCUT2D eigenvalue weighted by atomic mass is 16.2. The maximum absolute atomic E-state index is 11.1. The Labute approximate surface area is 60.5 Å². The second-order valence-electron chi connectivity index (χ2n) is 3.05. The highest BCUT2D eigenvalue weighted by Crippen LogP contribution is 2.28. The molecule has 2 aliphatic heterocycles. The van der Waals surface area contributed by atoms with Gasteiger partial charge in [0.2, 0.25) is 5.91 Å². The lowest BCUT2D eigenvalue weighted by molar-refractivity contribution is -0.127. The van der Waals surface area contributed by atoms with E-state index in [0.717, 1.165) is 19.4 Å². The number of hydrogen-bond donors (Lipinski definition) is 0. The molecule has 0 unspecified atom stereocenters. The van der Waals surface area contributed by atoms with E-state index in [1.54, 1.807) is 0 Å². The summed E-state index contributed by atoms with van der Waals surface area (Å²) in [6.45, 7) is 2.97. The molecule has 2 heteroatoms. The molecule has 1 fully saturated rings. The fourth-order valence-electron chi connectivity index (χ4n) is 1.81. The van der Waals surface area contributed by atoms with E-state index in [9.17, 15) is 4.79 Å². The third-order valence-electron chi connectivity index (χ3n) is 2.46. The van der Waals surface area contributed by atoms with Crippen LogP contribution in [-0.4, -0.2) is 23.4 Å². The molecule has 0 N–H and O–H groups in total. The summed E-state index contributed by atoms with van der Waals surface area (Å²) in [5.74, 6) is 0.332. The van der Waals surface area contributed by atoms with Gasteiger partial charge in [0.15, 0.2) is 0 Å². The minimum absolute atomic E-state index is 0.332. The molecule has 2 heterocycles. The second kappa shape index (κ2) is 1.84. The van der Waals surface area contributed by atoms with Gasteiger partial charge >= 0.3 is 0 Å². The van der Waals surface area contributed by atoms with E-state index in [-0.39, 0.29) is 0 Å². The molecule has 1 amide bonds. The summed E-state index contributed by atoms with van der Waals surface area (Å²) < 4.78 is 0. The van der Waals surface area contributed by atoms with Crippen molar-refractivity contribution in [3.8, 4) is 0 Å². The van der Waals surface area contributed by atoms with Crippen molar-refractivity contribution in [1.29, 1.82) is 0 Å². The predicted octanol–water partition coefficient (Wildman–Crippen LogP) is 0.937. The molecular weight excluding hydrogens is 126 g/mol. The predicted molar refractivity (Wildman–Crippen MR) is 38.5 cm³/mol. The first kappa shape index (κ1) is 5.96. The van der Waals surface area contributed by atoms with E-state index < -0.39 is 0 Å². The monoisotopic (exact) mass is 137 g/mol. The Morgan fingerprint density at radius 1 is 1.70 bits per heavy atom. The Hall–Kier alpha value is -0.790. The molecule has 0 saturated carbocycles. The average Bonchev–Trinajstić information content (AvgIpc) is 2.41. The SMILES string of the molecule is CC1=CCN2C(=O)CC[C@@H]12. The molecule has 10 heavy (non-hydrogen) atoms. The van der Waals surface area contributed by atoms with Gasteiger partial charge in [-0.15, -0.1) is 0 Å². The number of hydrogen-bond acceptors (Lipinski definition) is 1. The van der Waals surface area contributed by atoms with Crippen LogP contribution in [0.1, 0.15) is 19.8 Å². The van der Waals surface area contributed by atoms with Gasteiger partial charge in [0.25, 0.3) is 0 Å². The quantitative estimate of drug-likeness (QED) is 0.455. The van der Waals surface area contributed by atoms with Crippen molar-refractivity contribution in [2.45, 2.75) is 25.8 Å². The van der Waals surface area contributed by atoms with E-state index in [1.165, 1.54) is 5.57 Å². The molecule has 1 saturated heterocycles. The van der Waals surface area contributed by atoms with Crippen LogP contribution >= 0.6 is 0 Å². The first-order chi connectivity index (χ1) is 4.79. The molecule has 2 aliphatic rings. The van der Waals surface area contributed by atoms with Gasteiger partial charge < -0.3 is 4.90 Å². The Kier molecular flexibility index (Phi) is 1.10. The molecule has 0 bridgehead atoms. The third-order valence-corrected chi connectivity index (χ3v) is 2.46. The highest BCUT2D eigenvalue weighted by Gasteiger charge is 2.34. The fraction of sp³-hybridized carbons (Fsp3) is 0.625. The van der Waals surface area contributed by atoms with Crippen molar-refractivity contribution < 1.29 is 4.79 Å². The molecule has 0 aliphatic carbocycles. The van der Waals surface area contributed by atoms with E-state index in [2.05, 4.69) is 13.0 Å². The summed E-state index contributed by atoms with van der Waals surface area (Å²) in [6.07, 6.45) is 3.96. The first-order valence-electron chi connectivity index (χ1n) is 3.75. The lowest BCUT2D eigenvalue weighted by atomic mass is 10.1. The van der Waals surface area contributed by atoms with E-state index in [1.807, 2.05) is 4.90 Å². The molecule has 0 aromatic carbocycles. The van der Waals surface area contributed by atoms with Crippen LogP contribution < -0.4 is 0 Å². The van der Waals surface area contributed by atoms with Crippen LogP contribution in [0.2, 0.25) is 0 Å². The zero-order valence-corrected chi connectivity index (χ0v) is 6.13. The lowest BCUT2D eigenvalue weighted by Crippen LogP contribution is -2.28. The van der Waals surface area contributed by atoms with Crippen molar-refractivity contribution >= 4 is 5.91 Å². The molecular formula is C8H11NO. The lowest BCUT2D eigenvalue weighted by Gasteiger charge is -2.16. The largest absolute Gasteiger partial charge is 0.332 e. The Morgan fingerprint density at radius 3 is 3.20 bits per heavy atom. The second-order valence-corrected chi connectivity index (χ2v) is 3.05. The van der Waals surface area contributed by atoms with Gasteiger partial charge in [0.05, 0.1) is 6.04 Å². The maximum Gasteiger partial charge on any atom is 0.223 e. The number of amides is 1. The van der Waals surface area contributed by atoms with E-state index >= 15 is 0 Å². The van der Waals surface area contributed by atoms with E-state index in [4.69, 9.17) is 0 Å². The summed E-state index contributed by atoms with van der Waals surface area (Å²) in [4.78, 5) is 13.1. The van der Waals surface area contributed by atoms with Crippen LogP contribution in [0.3, 0.4) is 0 Å². The fourth-order valence-corrected chi connectivity index (χ4v) is 1.81. The first-order valence-corrected chi connectivity index (χ1v) is 3.75. The molecule has 0 spiro atoms. The van der Waals surface area contributed by atoms with Gasteiger partial charge in [-0.1, -0.05) is 11.6 Å². The Bertz CT molecular complexity index is 207. The standard InChI is InChI=1S/C8H11NO/c1-6-4-5-9-7(6)2-3-8(9)10/h4,7H,2-3,5H2,1H3/t7-/m0/s1. The molecule has 2 nitrogen and oxygen atoms in total. The summed E-state index contributed by atoms with van der Waals surface area (Å²) in [5, 5.41) is 0. The zero-order chi connectivity index (χ0) is 7.14. The Morgan fingerprint density at radius 2 is 2.50 bits per heavy atom. The van der Waals surface area contributed by atoms with Crippen LogP contribution in [0.15, 0.2) is 11.6 Å². The van der Waals surface area contributed by atoms with Crippen molar-refractivity contribution in [2.75, 3.05) is 6.54 Å². The van der Waals surface area contributed by atoms with Crippen LogP contribution in [-0.2, 0) is 4.79 Å². The van der Waals surface area contributed by atoms with Crippen LogP contribution in [0.5, 0.6) is 0 Å². The smallest absolute Gasteiger partial charge is 0.223 e. The summed E-state index contributed by atoms with van der Waals surface area (Å²) in [7, 11) is 0. The van der Waals surface area contributed by atoms with Crippen LogP contribution in [0.4, 0.5) is 0 Å². The number of nitrogens with zero attached hydrogens (tertiary/aromatic N) is 1. The summed E-state index contributed by atoms with van der Waals surface area (Å²) in [6, 6.07) is 0.465. The van der Waals surface area contributed by atoms with Crippen molar-refractivity contribution in [3.05, 3.63) is 11.6 Å². The van der Waals surface area contributed by atoms with Crippen molar-refractivity contribution in [2.24, 2.45) is 0 Å². The van der Waals surface area contributed by atoms with Gasteiger partial charge in [-0.25, -0.2) is 0 Å². The minimum Gasteiger partial charge on any atom is -0.332 e. The van der Waals surface area contributed by atoms with Crippen LogP contribution in [0.25, 0.3) is 0 Å². The molecule has 2 rings (SSSR count). The van der Waals surface area contributed by atoms with Gasteiger partial charge in [0, 0.05) is 13.0 Å². The molecule has 0 aromatic heterocycles. The number of carbonyl (C=O) groups is 1. The van der Waals surface area contributed by atoms with Gasteiger partial charge in [-0.2, -0.15) is 0 Å². The summed E-state index contributed by atoms with van der Waals surface area (Å²) >= 11 is 0. The normalized spacial score (nSPS) is 30.9. The number of carbonyl (C=O) groups excluding carboxylic acids is 1. The van der Waals surface area contributed by atoms with E-state index in [0.29, 0.717) is 11.9 Å². The van der Waals surface area contributed by atoms with Gasteiger partial charge in [-0.05, 0) is 13.3 Å². The molecule has 54 valence electrons. The zero-order valence-electron chi connectivity index (χ0n) is 6.13. The Balaban J connectivity index is 2.24. The summed E-state index contributed by atoms with van der Waals surface area (Å²) in [5.41, 5.74) is 1.38. The maximum atomic E-state index is 11.1. The highest BCUT2D eigenvalue weighted by molar-refractivity contribution is 5.80.